The van der Waals surface area contributed by atoms with Crippen LogP contribution in [-0.4, -0.2) is 25.3 Å². The second-order valence-electron chi connectivity index (χ2n) is 4.08. The summed E-state index contributed by atoms with van der Waals surface area (Å²) in [5.74, 6) is -0.164. The SMILES string of the molecule is CCCCCCCOC(=O)C1CCCO1. The topological polar surface area (TPSA) is 35.5 Å². The Balaban J connectivity index is 1.92. The van der Waals surface area contributed by atoms with E-state index >= 15 is 0 Å². The first-order valence-corrected chi connectivity index (χ1v) is 6.13. The van der Waals surface area contributed by atoms with E-state index in [0.29, 0.717) is 13.2 Å². The molecular weight excluding hydrogens is 192 g/mol. The normalized spacial score (nSPS) is 20.5. The molecule has 1 rings (SSSR count). The van der Waals surface area contributed by atoms with Crippen LogP contribution in [0, 0.1) is 0 Å². The number of hydrogen-bond donors (Lipinski definition) is 0. The lowest BCUT2D eigenvalue weighted by atomic mass is 10.2. The minimum Gasteiger partial charge on any atom is -0.464 e. The highest BCUT2D eigenvalue weighted by atomic mass is 16.6. The molecule has 0 amide bonds. The zero-order valence-electron chi connectivity index (χ0n) is 9.67. The molecule has 1 aliphatic rings. The van der Waals surface area contributed by atoms with Crippen LogP contribution in [-0.2, 0) is 14.3 Å². The highest BCUT2D eigenvalue weighted by molar-refractivity contribution is 5.74. The van der Waals surface area contributed by atoms with Crippen molar-refractivity contribution in [2.75, 3.05) is 13.2 Å². The number of ether oxygens (including phenoxy) is 2. The molecule has 0 aromatic carbocycles. The maximum Gasteiger partial charge on any atom is 0.335 e. The second-order valence-corrected chi connectivity index (χ2v) is 4.08. The van der Waals surface area contributed by atoms with Crippen LogP contribution in [0.3, 0.4) is 0 Å². The Kier molecular flexibility index (Phi) is 6.41. The van der Waals surface area contributed by atoms with Crippen molar-refractivity contribution in [2.45, 2.75) is 58.0 Å². The van der Waals surface area contributed by atoms with E-state index in [4.69, 9.17) is 9.47 Å². The van der Waals surface area contributed by atoms with Crippen LogP contribution in [0.1, 0.15) is 51.9 Å². The summed E-state index contributed by atoms with van der Waals surface area (Å²) in [7, 11) is 0. The van der Waals surface area contributed by atoms with Crippen molar-refractivity contribution < 1.29 is 14.3 Å². The molecule has 0 bridgehead atoms. The predicted octanol–water partition coefficient (Wildman–Crippen LogP) is 2.68. The maximum atomic E-state index is 11.4. The molecule has 1 aliphatic heterocycles. The van der Waals surface area contributed by atoms with E-state index in [1.54, 1.807) is 0 Å². The largest absolute Gasteiger partial charge is 0.464 e. The minimum atomic E-state index is -0.277. The number of esters is 1. The third kappa shape index (κ3) is 5.17. The average molecular weight is 214 g/mol. The van der Waals surface area contributed by atoms with Gasteiger partial charge in [0.15, 0.2) is 6.10 Å². The third-order valence-electron chi connectivity index (χ3n) is 2.68. The van der Waals surface area contributed by atoms with Gasteiger partial charge in [-0.2, -0.15) is 0 Å². The van der Waals surface area contributed by atoms with Crippen LogP contribution >= 0.6 is 0 Å². The van der Waals surface area contributed by atoms with Gasteiger partial charge >= 0.3 is 5.97 Å². The molecule has 3 heteroatoms. The van der Waals surface area contributed by atoms with Crippen molar-refractivity contribution in [2.24, 2.45) is 0 Å². The highest BCUT2D eigenvalue weighted by Crippen LogP contribution is 2.13. The Morgan fingerprint density at radius 2 is 2.13 bits per heavy atom. The Morgan fingerprint density at radius 1 is 1.33 bits per heavy atom. The van der Waals surface area contributed by atoms with E-state index in [9.17, 15) is 4.79 Å². The molecule has 1 atom stereocenters. The van der Waals surface area contributed by atoms with Gasteiger partial charge in [0.25, 0.3) is 0 Å². The summed E-state index contributed by atoms with van der Waals surface area (Å²) in [4.78, 5) is 11.4. The van der Waals surface area contributed by atoms with Crippen LogP contribution in [0.4, 0.5) is 0 Å². The third-order valence-corrected chi connectivity index (χ3v) is 2.68. The zero-order chi connectivity index (χ0) is 10.9. The van der Waals surface area contributed by atoms with Gasteiger partial charge in [-0.25, -0.2) is 4.79 Å². The van der Waals surface area contributed by atoms with Crippen molar-refractivity contribution in [1.29, 1.82) is 0 Å². The zero-order valence-corrected chi connectivity index (χ0v) is 9.67. The Morgan fingerprint density at radius 3 is 2.80 bits per heavy atom. The van der Waals surface area contributed by atoms with Crippen molar-refractivity contribution in [1.82, 2.24) is 0 Å². The van der Waals surface area contributed by atoms with Gasteiger partial charge in [0.1, 0.15) is 0 Å². The first-order valence-electron chi connectivity index (χ1n) is 6.13. The van der Waals surface area contributed by atoms with Gasteiger partial charge in [0, 0.05) is 6.61 Å². The van der Waals surface area contributed by atoms with Crippen LogP contribution in [0.25, 0.3) is 0 Å². The lowest BCUT2D eigenvalue weighted by molar-refractivity contribution is -0.154. The van der Waals surface area contributed by atoms with Crippen LogP contribution in [0.15, 0.2) is 0 Å². The molecular formula is C12H22O3. The second kappa shape index (κ2) is 7.69. The van der Waals surface area contributed by atoms with Gasteiger partial charge in [-0.05, 0) is 19.3 Å². The highest BCUT2D eigenvalue weighted by Gasteiger charge is 2.24. The van der Waals surface area contributed by atoms with E-state index in [-0.39, 0.29) is 12.1 Å². The van der Waals surface area contributed by atoms with Crippen molar-refractivity contribution in [3.8, 4) is 0 Å². The van der Waals surface area contributed by atoms with Crippen molar-refractivity contribution in [3.05, 3.63) is 0 Å². The van der Waals surface area contributed by atoms with Gasteiger partial charge < -0.3 is 9.47 Å². The van der Waals surface area contributed by atoms with Gasteiger partial charge in [-0.15, -0.1) is 0 Å². The Hall–Kier alpha value is -0.570. The number of unbranched alkanes of at least 4 members (excludes halogenated alkanes) is 4. The summed E-state index contributed by atoms with van der Waals surface area (Å²) in [6.45, 7) is 3.45. The predicted molar refractivity (Wildman–Crippen MR) is 58.7 cm³/mol. The molecule has 0 N–H and O–H groups in total. The van der Waals surface area contributed by atoms with Crippen molar-refractivity contribution >= 4 is 5.97 Å². The summed E-state index contributed by atoms with van der Waals surface area (Å²) >= 11 is 0. The lowest BCUT2D eigenvalue weighted by Crippen LogP contribution is -2.22. The fraction of sp³-hybridized carbons (Fsp3) is 0.917. The van der Waals surface area contributed by atoms with Crippen LogP contribution < -0.4 is 0 Å². The minimum absolute atomic E-state index is 0.164. The standard InChI is InChI=1S/C12H22O3/c1-2-3-4-5-6-9-15-12(13)11-8-7-10-14-11/h11H,2-10H2,1H3. The molecule has 0 saturated carbocycles. The van der Waals surface area contributed by atoms with E-state index in [1.165, 1.54) is 19.3 Å². The monoisotopic (exact) mass is 214 g/mol. The van der Waals surface area contributed by atoms with Crippen molar-refractivity contribution in [3.63, 3.8) is 0 Å². The van der Waals surface area contributed by atoms with E-state index < -0.39 is 0 Å². The number of carbonyl (C=O) groups excluding carboxylic acids is 1. The molecule has 3 nitrogen and oxygen atoms in total. The van der Waals surface area contributed by atoms with Crippen LogP contribution in [0.5, 0.6) is 0 Å². The molecule has 1 saturated heterocycles. The molecule has 0 aromatic heterocycles. The summed E-state index contributed by atoms with van der Waals surface area (Å²) in [6, 6.07) is 0. The molecule has 1 unspecified atom stereocenters. The molecule has 88 valence electrons. The maximum absolute atomic E-state index is 11.4. The first kappa shape index (κ1) is 12.5. The molecule has 0 radical (unpaired) electrons. The van der Waals surface area contributed by atoms with Gasteiger partial charge in [-0.3, -0.25) is 0 Å². The summed E-state index contributed by atoms with van der Waals surface area (Å²) in [5, 5.41) is 0. The van der Waals surface area contributed by atoms with Crippen LogP contribution in [0.2, 0.25) is 0 Å². The lowest BCUT2D eigenvalue weighted by Gasteiger charge is -2.09. The Bertz CT molecular complexity index is 174. The number of carbonyl (C=O) groups is 1. The first-order chi connectivity index (χ1) is 7.34. The fourth-order valence-electron chi connectivity index (χ4n) is 1.73. The summed E-state index contributed by atoms with van der Waals surface area (Å²) in [6.07, 6.45) is 7.44. The van der Waals surface area contributed by atoms with Gasteiger partial charge in [0.05, 0.1) is 6.61 Å². The van der Waals surface area contributed by atoms with Gasteiger partial charge in [-0.1, -0.05) is 32.6 Å². The van der Waals surface area contributed by atoms with E-state index in [2.05, 4.69) is 6.92 Å². The molecule has 15 heavy (non-hydrogen) atoms. The molecule has 0 aromatic rings. The Labute approximate surface area is 92.1 Å². The molecule has 0 aliphatic carbocycles. The van der Waals surface area contributed by atoms with E-state index in [0.717, 1.165) is 25.7 Å². The smallest absolute Gasteiger partial charge is 0.335 e. The van der Waals surface area contributed by atoms with Gasteiger partial charge in [0.2, 0.25) is 0 Å². The number of hydrogen-bond acceptors (Lipinski definition) is 3. The fourth-order valence-corrected chi connectivity index (χ4v) is 1.73. The summed E-state index contributed by atoms with van der Waals surface area (Å²) < 4.78 is 10.4. The average Bonchev–Trinajstić information content (AvgIpc) is 2.76. The molecule has 1 fully saturated rings. The molecule has 0 spiro atoms. The summed E-state index contributed by atoms with van der Waals surface area (Å²) in [5.41, 5.74) is 0. The number of rotatable bonds is 7. The quantitative estimate of drug-likeness (QED) is 0.483. The van der Waals surface area contributed by atoms with E-state index in [1.807, 2.05) is 0 Å². The molecule has 1 heterocycles.